The highest BCUT2D eigenvalue weighted by molar-refractivity contribution is 5.76. The van der Waals surface area contributed by atoms with Crippen LogP contribution in [0, 0.1) is 18.3 Å². The molecule has 0 aromatic carbocycles. The Labute approximate surface area is 142 Å². The fourth-order valence-electron chi connectivity index (χ4n) is 4.05. The molecule has 0 spiro atoms. The van der Waals surface area contributed by atoms with Gasteiger partial charge in [0, 0.05) is 45.8 Å². The van der Waals surface area contributed by atoms with Gasteiger partial charge in [0.2, 0.25) is 0 Å². The first kappa shape index (κ1) is 17.1. The van der Waals surface area contributed by atoms with Gasteiger partial charge in [-0.15, -0.1) is 5.10 Å². The molecule has 132 valence electrons. The van der Waals surface area contributed by atoms with Crippen LogP contribution in [0.4, 0.5) is 5.82 Å². The number of methoxy groups -OCH3 is 1. The Morgan fingerprint density at radius 1 is 1.42 bits per heavy atom. The second-order valence-corrected chi connectivity index (χ2v) is 6.97. The molecule has 7 heteroatoms. The summed E-state index contributed by atoms with van der Waals surface area (Å²) in [5.41, 5.74) is 0.237. The lowest BCUT2D eigenvalue weighted by atomic mass is 9.75. The molecular formula is C17H26N4O3. The standard InChI is InChI=1S/C17H26N4O3/c1-13-4-5-15(19-18-13)21-7-3-6-17(16(22)23)12-20(8-9-24-2)10-14(17)11-21/h4-5,14H,3,6-12H2,1-2H3,(H,22,23)/t14-,17-/m0/s1. The van der Waals surface area contributed by atoms with Crippen molar-refractivity contribution in [1.29, 1.82) is 0 Å². The van der Waals surface area contributed by atoms with E-state index in [1.807, 2.05) is 19.1 Å². The number of nitrogens with zero attached hydrogens (tertiary/aromatic N) is 4. The molecule has 2 saturated heterocycles. The zero-order chi connectivity index (χ0) is 17.2. The third-order valence-corrected chi connectivity index (χ3v) is 5.40. The smallest absolute Gasteiger partial charge is 0.311 e. The summed E-state index contributed by atoms with van der Waals surface area (Å²) in [4.78, 5) is 16.5. The maximum Gasteiger partial charge on any atom is 0.311 e. The quantitative estimate of drug-likeness (QED) is 0.862. The van der Waals surface area contributed by atoms with E-state index in [4.69, 9.17) is 4.74 Å². The Hall–Kier alpha value is -1.73. The van der Waals surface area contributed by atoms with E-state index in [1.165, 1.54) is 0 Å². The van der Waals surface area contributed by atoms with Crippen LogP contribution in [0.2, 0.25) is 0 Å². The molecule has 3 rings (SSSR count). The first-order valence-electron chi connectivity index (χ1n) is 8.55. The summed E-state index contributed by atoms with van der Waals surface area (Å²) < 4.78 is 5.16. The van der Waals surface area contributed by atoms with Gasteiger partial charge in [0.25, 0.3) is 0 Å². The Bertz CT molecular complexity index is 580. The van der Waals surface area contributed by atoms with Crippen LogP contribution in [-0.2, 0) is 9.53 Å². The van der Waals surface area contributed by atoms with Gasteiger partial charge in [-0.25, -0.2) is 0 Å². The number of hydrogen-bond acceptors (Lipinski definition) is 6. The van der Waals surface area contributed by atoms with E-state index >= 15 is 0 Å². The molecule has 2 fully saturated rings. The van der Waals surface area contributed by atoms with Gasteiger partial charge >= 0.3 is 5.97 Å². The van der Waals surface area contributed by atoms with E-state index < -0.39 is 11.4 Å². The molecular weight excluding hydrogens is 308 g/mol. The van der Waals surface area contributed by atoms with Crippen molar-refractivity contribution >= 4 is 11.8 Å². The Morgan fingerprint density at radius 2 is 2.25 bits per heavy atom. The molecule has 7 nitrogen and oxygen atoms in total. The van der Waals surface area contributed by atoms with Crippen LogP contribution in [0.3, 0.4) is 0 Å². The van der Waals surface area contributed by atoms with Gasteiger partial charge in [-0.3, -0.25) is 9.69 Å². The van der Waals surface area contributed by atoms with Gasteiger partial charge in [0.15, 0.2) is 5.82 Å². The lowest BCUT2D eigenvalue weighted by Gasteiger charge is -2.30. The summed E-state index contributed by atoms with van der Waals surface area (Å²) in [5, 5.41) is 18.4. The summed E-state index contributed by atoms with van der Waals surface area (Å²) in [6, 6.07) is 3.94. The van der Waals surface area contributed by atoms with Crippen LogP contribution in [0.15, 0.2) is 12.1 Å². The van der Waals surface area contributed by atoms with E-state index in [0.717, 1.165) is 37.6 Å². The van der Waals surface area contributed by atoms with Crippen molar-refractivity contribution in [3.05, 3.63) is 17.8 Å². The highest BCUT2D eigenvalue weighted by Gasteiger charge is 2.53. The number of carboxylic acids is 1. The number of hydrogen-bond donors (Lipinski definition) is 1. The van der Waals surface area contributed by atoms with Crippen LogP contribution in [0.5, 0.6) is 0 Å². The van der Waals surface area contributed by atoms with Gasteiger partial charge < -0.3 is 14.7 Å². The first-order valence-corrected chi connectivity index (χ1v) is 8.55. The molecule has 2 aliphatic heterocycles. The van der Waals surface area contributed by atoms with Crippen molar-refractivity contribution in [2.45, 2.75) is 19.8 Å². The SMILES string of the molecule is COCCN1C[C@H]2CN(c3ccc(C)nn3)CCC[C@]2(C(=O)O)C1. The predicted octanol–water partition coefficient (Wildman–Crippen LogP) is 1.03. The number of aliphatic carboxylic acids is 1. The molecule has 0 bridgehead atoms. The molecule has 0 radical (unpaired) electrons. The van der Waals surface area contributed by atoms with Crippen LogP contribution in [0.25, 0.3) is 0 Å². The number of rotatable bonds is 5. The van der Waals surface area contributed by atoms with Gasteiger partial charge in [-0.05, 0) is 31.9 Å². The van der Waals surface area contributed by atoms with Crippen LogP contribution >= 0.6 is 0 Å². The molecule has 0 saturated carbocycles. The molecule has 1 aromatic heterocycles. The van der Waals surface area contributed by atoms with Crippen LogP contribution < -0.4 is 4.90 Å². The molecule has 1 aromatic rings. The number of likely N-dealkylation sites (tertiary alicyclic amines) is 1. The summed E-state index contributed by atoms with van der Waals surface area (Å²) in [5.74, 6) is 0.277. The summed E-state index contributed by atoms with van der Waals surface area (Å²) >= 11 is 0. The number of ether oxygens (including phenoxy) is 1. The fraction of sp³-hybridized carbons (Fsp3) is 0.706. The summed E-state index contributed by atoms with van der Waals surface area (Å²) in [6.45, 7) is 6.30. The van der Waals surface area contributed by atoms with Gasteiger partial charge in [0.1, 0.15) is 0 Å². The Morgan fingerprint density at radius 3 is 2.92 bits per heavy atom. The predicted molar refractivity (Wildman–Crippen MR) is 90.1 cm³/mol. The van der Waals surface area contributed by atoms with Crippen molar-refractivity contribution in [2.75, 3.05) is 51.3 Å². The van der Waals surface area contributed by atoms with E-state index in [1.54, 1.807) is 7.11 Å². The minimum atomic E-state index is -0.663. The normalized spacial score (nSPS) is 27.8. The first-order chi connectivity index (χ1) is 11.5. The lowest BCUT2D eigenvalue weighted by molar-refractivity contribution is -0.150. The number of carboxylic acid groups (broad SMARTS) is 1. The minimum Gasteiger partial charge on any atom is -0.481 e. The zero-order valence-electron chi connectivity index (χ0n) is 14.4. The third kappa shape index (κ3) is 3.23. The topological polar surface area (TPSA) is 78.8 Å². The molecule has 24 heavy (non-hydrogen) atoms. The highest BCUT2D eigenvalue weighted by atomic mass is 16.5. The van der Waals surface area contributed by atoms with Gasteiger partial charge in [-0.2, -0.15) is 5.10 Å². The van der Waals surface area contributed by atoms with E-state index in [9.17, 15) is 9.90 Å². The van der Waals surface area contributed by atoms with Crippen molar-refractivity contribution in [2.24, 2.45) is 11.3 Å². The third-order valence-electron chi connectivity index (χ3n) is 5.40. The summed E-state index contributed by atoms with van der Waals surface area (Å²) in [7, 11) is 1.68. The maximum absolute atomic E-state index is 12.1. The van der Waals surface area contributed by atoms with Gasteiger partial charge in [0.05, 0.1) is 17.7 Å². The average Bonchev–Trinajstić information content (AvgIpc) is 2.82. The van der Waals surface area contributed by atoms with E-state index in [-0.39, 0.29) is 5.92 Å². The number of aryl methyl sites for hydroxylation is 1. The molecule has 2 aliphatic rings. The summed E-state index contributed by atoms with van der Waals surface area (Å²) in [6.07, 6.45) is 1.57. The largest absolute Gasteiger partial charge is 0.481 e. The zero-order valence-corrected chi connectivity index (χ0v) is 14.4. The molecule has 0 unspecified atom stereocenters. The lowest BCUT2D eigenvalue weighted by Crippen LogP contribution is -2.41. The van der Waals surface area contributed by atoms with Gasteiger partial charge in [-0.1, -0.05) is 0 Å². The van der Waals surface area contributed by atoms with Crippen LogP contribution in [-0.4, -0.2) is 72.6 Å². The van der Waals surface area contributed by atoms with Crippen LogP contribution in [0.1, 0.15) is 18.5 Å². The highest BCUT2D eigenvalue weighted by Crippen LogP contribution is 2.43. The molecule has 3 heterocycles. The number of carbonyl (C=O) groups is 1. The minimum absolute atomic E-state index is 0.0949. The van der Waals surface area contributed by atoms with Crippen molar-refractivity contribution in [3.63, 3.8) is 0 Å². The van der Waals surface area contributed by atoms with E-state index in [0.29, 0.717) is 26.1 Å². The van der Waals surface area contributed by atoms with Crippen molar-refractivity contribution < 1.29 is 14.6 Å². The number of fused-ring (bicyclic) bond motifs is 1. The Balaban J connectivity index is 1.80. The van der Waals surface area contributed by atoms with Crippen molar-refractivity contribution in [3.8, 4) is 0 Å². The molecule has 2 atom stereocenters. The maximum atomic E-state index is 12.1. The molecule has 0 aliphatic carbocycles. The second-order valence-electron chi connectivity index (χ2n) is 6.97. The number of aromatic nitrogens is 2. The number of anilines is 1. The van der Waals surface area contributed by atoms with E-state index in [2.05, 4.69) is 20.0 Å². The monoisotopic (exact) mass is 334 g/mol. The second kappa shape index (κ2) is 7.03. The Kier molecular flexibility index (Phi) is 5.01. The average molecular weight is 334 g/mol. The fourth-order valence-corrected chi connectivity index (χ4v) is 4.05. The van der Waals surface area contributed by atoms with Crippen molar-refractivity contribution in [1.82, 2.24) is 15.1 Å². The molecule has 0 amide bonds. The molecule has 1 N–H and O–H groups in total.